The van der Waals surface area contributed by atoms with Crippen LogP contribution in [0.4, 0.5) is 0 Å². The van der Waals surface area contributed by atoms with Crippen molar-refractivity contribution in [2.75, 3.05) is 6.54 Å². The number of carbonyl (C=O) groups is 2. The summed E-state index contributed by atoms with van der Waals surface area (Å²) in [6, 6.07) is 5.54. The number of phenols is 1. The molecular formula is C12H16N2O3. The molecule has 0 aliphatic carbocycles. The number of hydrogen-bond acceptors (Lipinski definition) is 4. The zero-order chi connectivity index (χ0) is 12.8. The maximum atomic E-state index is 12.1. The van der Waals surface area contributed by atoms with Crippen LogP contribution in [0.2, 0.25) is 0 Å². The number of nitrogens with one attached hydrogen (secondary N) is 1. The van der Waals surface area contributed by atoms with E-state index in [2.05, 4.69) is 5.32 Å². The molecular weight excluding hydrogens is 220 g/mol. The average molecular weight is 236 g/mol. The number of benzene rings is 1. The number of amides is 1. The molecule has 1 amide bonds. The summed E-state index contributed by atoms with van der Waals surface area (Å²) in [6.07, 6.45) is -0.0823. The first-order valence-corrected chi connectivity index (χ1v) is 5.40. The summed E-state index contributed by atoms with van der Waals surface area (Å²) in [5, 5.41) is 12.4. The number of primary amides is 1. The topological polar surface area (TPSA) is 92.4 Å². The van der Waals surface area contributed by atoms with Crippen LogP contribution in [0.25, 0.3) is 0 Å². The van der Waals surface area contributed by atoms with Crippen molar-refractivity contribution in [1.29, 1.82) is 0 Å². The molecule has 0 aliphatic rings. The Balaban J connectivity index is 2.91. The Morgan fingerprint density at radius 2 is 2.06 bits per heavy atom. The zero-order valence-corrected chi connectivity index (χ0v) is 9.64. The SMILES string of the molecule is CCNC(CC(N)=O)C(=O)c1ccccc1O. The molecule has 5 nitrogen and oxygen atoms in total. The second-order valence-corrected chi connectivity index (χ2v) is 3.66. The monoisotopic (exact) mass is 236 g/mol. The van der Waals surface area contributed by atoms with Crippen LogP contribution in [0.5, 0.6) is 5.75 Å². The number of carbonyl (C=O) groups excluding carboxylic acids is 2. The molecule has 1 aromatic rings. The first-order valence-electron chi connectivity index (χ1n) is 5.40. The van der Waals surface area contributed by atoms with Gasteiger partial charge in [0.05, 0.1) is 11.6 Å². The van der Waals surface area contributed by atoms with Crippen LogP contribution in [0.15, 0.2) is 24.3 Å². The molecule has 0 aliphatic heterocycles. The summed E-state index contributed by atoms with van der Waals surface area (Å²) in [5.74, 6) is -0.978. The highest BCUT2D eigenvalue weighted by Gasteiger charge is 2.22. The molecule has 92 valence electrons. The molecule has 1 atom stereocenters. The Bertz CT molecular complexity index is 418. The van der Waals surface area contributed by atoms with Crippen molar-refractivity contribution in [3.63, 3.8) is 0 Å². The van der Waals surface area contributed by atoms with E-state index in [9.17, 15) is 14.7 Å². The lowest BCUT2D eigenvalue weighted by Crippen LogP contribution is -2.40. The number of phenolic OH excluding ortho intramolecular Hbond substituents is 1. The van der Waals surface area contributed by atoms with Crippen LogP contribution in [0.1, 0.15) is 23.7 Å². The van der Waals surface area contributed by atoms with Crippen LogP contribution in [-0.2, 0) is 4.79 Å². The molecule has 0 heterocycles. The average Bonchev–Trinajstić information content (AvgIpc) is 2.28. The Morgan fingerprint density at radius 3 is 2.59 bits per heavy atom. The highest BCUT2D eigenvalue weighted by atomic mass is 16.3. The third-order valence-corrected chi connectivity index (χ3v) is 2.34. The zero-order valence-electron chi connectivity index (χ0n) is 9.64. The second-order valence-electron chi connectivity index (χ2n) is 3.66. The molecule has 17 heavy (non-hydrogen) atoms. The molecule has 0 aromatic heterocycles. The smallest absolute Gasteiger partial charge is 0.219 e. The molecule has 0 bridgehead atoms. The number of para-hydroxylation sites is 1. The van der Waals surface area contributed by atoms with E-state index in [0.717, 1.165) is 0 Å². The van der Waals surface area contributed by atoms with Gasteiger partial charge in [0.2, 0.25) is 5.91 Å². The number of nitrogens with two attached hydrogens (primary N) is 1. The normalized spacial score (nSPS) is 12.1. The van der Waals surface area contributed by atoms with Gasteiger partial charge < -0.3 is 16.2 Å². The van der Waals surface area contributed by atoms with Gasteiger partial charge >= 0.3 is 0 Å². The van der Waals surface area contributed by atoms with Gasteiger partial charge in [0.25, 0.3) is 0 Å². The Morgan fingerprint density at radius 1 is 1.41 bits per heavy atom. The Kier molecular flexibility index (Phi) is 4.66. The van der Waals surface area contributed by atoms with E-state index in [1.807, 2.05) is 6.92 Å². The number of hydrogen-bond donors (Lipinski definition) is 3. The molecule has 1 unspecified atom stereocenters. The highest BCUT2D eigenvalue weighted by Crippen LogP contribution is 2.18. The van der Waals surface area contributed by atoms with Gasteiger partial charge in [-0.3, -0.25) is 9.59 Å². The molecule has 4 N–H and O–H groups in total. The lowest BCUT2D eigenvalue weighted by atomic mass is 10.0. The number of likely N-dealkylation sites (N-methyl/N-ethyl adjacent to an activating group) is 1. The molecule has 1 aromatic carbocycles. The summed E-state index contributed by atoms with van der Waals surface area (Å²) in [4.78, 5) is 22.9. The van der Waals surface area contributed by atoms with E-state index in [-0.39, 0.29) is 23.5 Å². The highest BCUT2D eigenvalue weighted by molar-refractivity contribution is 6.04. The van der Waals surface area contributed by atoms with E-state index in [4.69, 9.17) is 5.73 Å². The van der Waals surface area contributed by atoms with E-state index < -0.39 is 11.9 Å². The van der Waals surface area contributed by atoms with Crippen molar-refractivity contribution in [2.24, 2.45) is 5.73 Å². The number of rotatable bonds is 6. The first-order chi connectivity index (χ1) is 8.06. The van der Waals surface area contributed by atoms with Crippen LogP contribution in [-0.4, -0.2) is 29.4 Å². The fourth-order valence-corrected chi connectivity index (χ4v) is 1.57. The van der Waals surface area contributed by atoms with E-state index in [1.54, 1.807) is 12.1 Å². The number of aromatic hydroxyl groups is 1. The third kappa shape index (κ3) is 3.57. The van der Waals surface area contributed by atoms with Gasteiger partial charge in [0.1, 0.15) is 5.75 Å². The quantitative estimate of drug-likeness (QED) is 0.624. The van der Waals surface area contributed by atoms with Crippen molar-refractivity contribution in [3.8, 4) is 5.75 Å². The largest absolute Gasteiger partial charge is 0.507 e. The predicted molar refractivity (Wildman–Crippen MR) is 63.7 cm³/mol. The van der Waals surface area contributed by atoms with Gasteiger partial charge in [-0.25, -0.2) is 0 Å². The molecule has 0 saturated carbocycles. The van der Waals surface area contributed by atoms with Crippen molar-refractivity contribution >= 4 is 11.7 Å². The summed E-state index contributed by atoms with van der Waals surface area (Å²) >= 11 is 0. The maximum absolute atomic E-state index is 12.1. The molecule has 0 fully saturated rings. The van der Waals surface area contributed by atoms with Crippen molar-refractivity contribution in [1.82, 2.24) is 5.32 Å². The van der Waals surface area contributed by atoms with Gasteiger partial charge in [0, 0.05) is 6.42 Å². The fourth-order valence-electron chi connectivity index (χ4n) is 1.57. The van der Waals surface area contributed by atoms with Gasteiger partial charge in [0.15, 0.2) is 5.78 Å². The van der Waals surface area contributed by atoms with Gasteiger partial charge in [-0.15, -0.1) is 0 Å². The van der Waals surface area contributed by atoms with E-state index >= 15 is 0 Å². The molecule has 0 radical (unpaired) electrons. The van der Waals surface area contributed by atoms with E-state index in [0.29, 0.717) is 6.54 Å². The lowest BCUT2D eigenvalue weighted by molar-refractivity contribution is -0.118. The summed E-state index contributed by atoms with van der Waals surface area (Å²) in [6.45, 7) is 2.36. The van der Waals surface area contributed by atoms with Crippen LogP contribution < -0.4 is 11.1 Å². The fraction of sp³-hybridized carbons (Fsp3) is 0.333. The Hall–Kier alpha value is -1.88. The lowest BCUT2D eigenvalue weighted by Gasteiger charge is -2.15. The first kappa shape index (κ1) is 13.2. The number of ketones is 1. The molecule has 1 rings (SSSR count). The molecule has 0 spiro atoms. The number of Topliss-reactive ketones (excluding diaryl/α,β-unsaturated/α-hetero) is 1. The maximum Gasteiger partial charge on any atom is 0.219 e. The third-order valence-electron chi connectivity index (χ3n) is 2.34. The van der Waals surface area contributed by atoms with Gasteiger partial charge in [-0.1, -0.05) is 19.1 Å². The standard InChI is InChI=1S/C12H16N2O3/c1-2-14-9(7-11(13)16)12(17)8-5-3-4-6-10(8)15/h3-6,9,14-15H,2,7H2,1H3,(H2,13,16). The van der Waals surface area contributed by atoms with Crippen LogP contribution in [0.3, 0.4) is 0 Å². The molecule has 5 heteroatoms. The van der Waals surface area contributed by atoms with Gasteiger partial charge in [-0.2, -0.15) is 0 Å². The predicted octanol–water partition coefficient (Wildman–Crippen LogP) is 0.428. The summed E-state index contributed by atoms with van der Waals surface area (Å²) in [7, 11) is 0. The molecule has 0 saturated heterocycles. The van der Waals surface area contributed by atoms with Crippen molar-refractivity contribution in [2.45, 2.75) is 19.4 Å². The second kappa shape index (κ2) is 6.00. The van der Waals surface area contributed by atoms with Crippen LogP contribution in [0, 0.1) is 0 Å². The summed E-state index contributed by atoms with van der Waals surface area (Å²) < 4.78 is 0. The van der Waals surface area contributed by atoms with Crippen LogP contribution >= 0.6 is 0 Å². The summed E-state index contributed by atoms with van der Waals surface area (Å²) in [5.41, 5.74) is 5.28. The minimum absolute atomic E-state index is 0.0823. The Labute approximate surface area is 99.6 Å². The minimum atomic E-state index is -0.689. The van der Waals surface area contributed by atoms with Crippen molar-refractivity contribution < 1.29 is 14.7 Å². The van der Waals surface area contributed by atoms with Crippen molar-refractivity contribution in [3.05, 3.63) is 29.8 Å². The minimum Gasteiger partial charge on any atom is -0.507 e. The van der Waals surface area contributed by atoms with Gasteiger partial charge in [-0.05, 0) is 18.7 Å². The van der Waals surface area contributed by atoms with E-state index in [1.165, 1.54) is 12.1 Å².